The van der Waals surface area contributed by atoms with Crippen molar-refractivity contribution in [3.05, 3.63) is 34.3 Å². The highest BCUT2D eigenvalue weighted by molar-refractivity contribution is 6.31. The van der Waals surface area contributed by atoms with Crippen LogP contribution in [-0.4, -0.2) is 23.9 Å². The summed E-state index contributed by atoms with van der Waals surface area (Å²) in [6.45, 7) is 10.8. The molecule has 2 nitrogen and oxygen atoms in total. The van der Waals surface area contributed by atoms with Crippen LogP contribution in [0.3, 0.4) is 0 Å². The Morgan fingerprint density at radius 1 is 1.32 bits per heavy atom. The van der Waals surface area contributed by atoms with E-state index in [2.05, 4.69) is 20.8 Å². The molecule has 0 aliphatic heterocycles. The fourth-order valence-corrected chi connectivity index (χ4v) is 2.58. The van der Waals surface area contributed by atoms with Crippen molar-refractivity contribution in [1.82, 2.24) is 0 Å². The van der Waals surface area contributed by atoms with Gasteiger partial charge in [-0.15, -0.1) is 0 Å². The number of hydrogen-bond donors (Lipinski definition) is 1. The van der Waals surface area contributed by atoms with Gasteiger partial charge in [0.1, 0.15) is 0 Å². The molecular weight excluding hydrogens is 260 g/mol. The highest BCUT2D eigenvalue weighted by Crippen LogP contribution is 2.28. The van der Waals surface area contributed by atoms with Crippen molar-refractivity contribution in [3.63, 3.8) is 0 Å². The Hall–Kier alpha value is -0.570. The Labute approximate surface area is 121 Å². The summed E-state index contributed by atoms with van der Waals surface area (Å²) in [6.07, 6.45) is -0.240. The molecule has 0 aromatic heterocycles. The molecule has 0 aliphatic carbocycles. The van der Waals surface area contributed by atoms with Gasteiger partial charge in [0.25, 0.3) is 0 Å². The smallest absolute Gasteiger partial charge is 0.0885 e. The van der Waals surface area contributed by atoms with Crippen LogP contribution in [-0.2, 0) is 11.2 Å². The molecule has 1 rings (SSSR count). The number of rotatable bonds is 5. The molecule has 0 radical (unpaired) electrons. The molecule has 0 amide bonds. The first-order valence-electron chi connectivity index (χ1n) is 6.80. The van der Waals surface area contributed by atoms with Crippen LogP contribution in [0, 0.1) is 12.3 Å². The van der Waals surface area contributed by atoms with Gasteiger partial charge in [-0.25, -0.2) is 0 Å². The number of aliphatic hydroxyl groups is 1. The Balaban J connectivity index is 2.84. The molecule has 2 atom stereocenters. The van der Waals surface area contributed by atoms with Gasteiger partial charge in [0.2, 0.25) is 0 Å². The Kier molecular flexibility index (Phi) is 5.84. The SMILES string of the molecule is CCOC(C(O)Cc1ccc(C)cc1Cl)C(C)(C)C. The molecule has 108 valence electrons. The number of aryl methyl sites for hydroxylation is 1. The highest BCUT2D eigenvalue weighted by Gasteiger charge is 2.32. The van der Waals surface area contributed by atoms with Gasteiger partial charge >= 0.3 is 0 Å². The molecule has 19 heavy (non-hydrogen) atoms. The van der Waals surface area contributed by atoms with Crippen molar-refractivity contribution >= 4 is 11.6 Å². The summed E-state index contributed by atoms with van der Waals surface area (Å²) in [5, 5.41) is 11.2. The van der Waals surface area contributed by atoms with E-state index in [1.54, 1.807) is 0 Å². The number of aliphatic hydroxyl groups excluding tert-OH is 1. The Morgan fingerprint density at radius 3 is 2.42 bits per heavy atom. The predicted molar refractivity (Wildman–Crippen MR) is 80.8 cm³/mol. The van der Waals surface area contributed by atoms with Crippen molar-refractivity contribution in [2.45, 2.75) is 53.2 Å². The fraction of sp³-hybridized carbons (Fsp3) is 0.625. The van der Waals surface area contributed by atoms with E-state index in [9.17, 15) is 5.11 Å². The molecule has 0 aliphatic rings. The predicted octanol–water partition coefficient (Wildman–Crippen LogP) is 4.00. The minimum Gasteiger partial charge on any atom is -0.390 e. The molecule has 0 saturated heterocycles. The van der Waals surface area contributed by atoms with Gasteiger partial charge in [-0.3, -0.25) is 0 Å². The van der Waals surface area contributed by atoms with Crippen LogP contribution in [0.2, 0.25) is 5.02 Å². The topological polar surface area (TPSA) is 29.5 Å². The normalized spacial score (nSPS) is 15.3. The second-order valence-corrected chi connectivity index (χ2v) is 6.52. The molecule has 0 fully saturated rings. The van der Waals surface area contributed by atoms with Gasteiger partial charge in [-0.1, -0.05) is 44.5 Å². The van der Waals surface area contributed by atoms with Crippen LogP contribution in [0.25, 0.3) is 0 Å². The lowest BCUT2D eigenvalue weighted by molar-refractivity contribution is -0.0873. The average molecular weight is 285 g/mol. The van der Waals surface area contributed by atoms with E-state index >= 15 is 0 Å². The van der Waals surface area contributed by atoms with E-state index in [1.165, 1.54) is 0 Å². The molecule has 0 saturated carbocycles. The molecule has 0 heterocycles. The quantitative estimate of drug-likeness (QED) is 0.885. The first-order valence-corrected chi connectivity index (χ1v) is 7.18. The molecule has 0 spiro atoms. The van der Waals surface area contributed by atoms with Gasteiger partial charge in [-0.2, -0.15) is 0 Å². The lowest BCUT2D eigenvalue weighted by atomic mass is 9.83. The molecule has 1 aromatic carbocycles. The maximum absolute atomic E-state index is 10.4. The van der Waals surface area contributed by atoms with E-state index in [0.717, 1.165) is 11.1 Å². The Morgan fingerprint density at radius 2 is 1.95 bits per heavy atom. The first kappa shape index (κ1) is 16.5. The fourth-order valence-electron chi connectivity index (χ4n) is 2.27. The van der Waals surface area contributed by atoms with E-state index in [0.29, 0.717) is 18.1 Å². The summed E-state index contributed by atoms with van der Waals surface area (Å²) in [4.78, 5) is 0. The van der Waals surface area contributed by atoms with E-state index < -0.39 is 6.10 Å². The van der Waals surface area contributed by atoms with Crippen LogP contribution < -0.4 is 0 Å². The van der Waals surface area contributed by atoms with Crippen molar-refractivity contribution in [2.75, 3.05) is 6.61 Å². The third-order valence-corrected chi connectivity index (χ3v) is 3.54. The minimum absolute atomic E-state index is 0.105. The standard InChI is InChI=1S/C16H25ClO2/c1-6-19-15(16(3,4)5)14(18)10-12-8-7-11(2)9-13(12)17/h7-9,14-15,18H,6,10H2,1-5H3. The average Bonchev–Trinajstić information content (AvgIpc) is 2.28. The van der Waals surface area contributed by atoms with Gasteiger partial charge in [-0.05, 0) is 36.5 Å². The number of ether oxygens (including phenoxy) is 1. The Bertz CT molecular complexity index is 410. The lowest BCUT2D eigenvalue weighted by Gasteiger charge is -2.34. The van der Waals surface area contributed by atoms with E-state index in [1.807, 2.05) is 32.0 Å². The molecule has 0 bridgehead atoms. The zero-order chi connectivity index (χ0) is 14.6. The zero-order valence-electron chi connectivity index (χ0n) is 12.5. The second-order valence-electron chi connectivity index (χ2n) is 6.11. The van der Waals surface area contributed by atoms with Crippen molar-refractivity contribution < 1.29 is 9.84 Å². The monoisotopic (exact) mass is 284 g/mol. The maximum Gasteiger partial charge on any atom is 0.0885 e. The zero-order valence-corrected chi connectivity index (χ0v) is 13.3. The van der Waals surface area contributed by atoms with Crippen LogP contribution in [0.15, 0.2) is 18.2 Å². The summed E-state index contributed by atoms with van der Waals surface area (Å²) >= 11 is 6.22. The minimum atomic E-state index is -0.555. The second kappa shape index (κ2) is 6.74. The van der Waals surface area contributed by atoms with Crippen LogP contribution in [0.1, 0.15) is 38.8 Å². The van der Waals surface area contributed by atoms with Crippen LogP contribution >= 0.6 is 11.6 Å². The third-order valence-electron chi connectivity index (χ3n) is 3.19. The van der Waals surface area contributed by atoms with E-state index in [-0.39, 0.29) is 11.5 Å². The maximum atomic E-state index is 10.4. The van der Waals surface area contributed by atoms with Crippen molar-refractivity contribution in [2.24, 2.45) is 5.41 Å². The van der Waals surface area contributed by atoms with Gasteiger partial charge < -0.3 is 9.84 Å². The van der Waals surface area contributed by atoms with Crippen molar-refractivity contribution in [1.29, 1.82) is 0 Å². The number of benzene rings is 1. The van der Waals surface area contributed by atoms with Gasteiger partial charge in [0.15, 0.2) is 0 Å². The van der Waals surface area contributed by atoms with Crippen LogP contribution in [0.5, 0.6) is 0 Å². The molecule has 2 unspecified atom stereocenters. The van der Waals surface area contributed by atoms with Crippen molar-refractivity contribution in [3.8, 4) is 0 Å². The summed E-state index contributed by atoms with van der Waals surface area (Å²) in [5.41, 5.74) is 1.99. The number of hydrogen-bond acceptors (Lipinski definition) is 2. The van der Waals surface area contributed by atoms with Gasteiger partial charge in [0, 0.05) is 18.1 Å². The summed E-state index contributed by atoms with van der Waals surface area (Å²) in [5.74, 6) is 0. The first-order chi connectivity index (χ1) is 8.75. The van der Waals surface area contributed by atoms with Gasteiger partial charge in [0.05, 0.1) is 12.2 Å². The number of halogens is 1. The largest absolute Gasteiger partial charge is 0.390 e. The molecule has 1 N–H and O–H groups in total. The summed E-state index contributed by atoms with van der Waals surface area (Å²) in [6, 6.07) is 5.92. The molecular formula is C16H25ClO2. The molecule has 1 aromatic rings. The molecule has 3 heteroatoms. The third kappa shape index (κ3) is 4.79. The summed E-state index contributed by atoms with van der Waals surface area (Å²) in [7, 11) is 0. The van der Waals surface area contributed by atoms with E-state index in [4.69, 9.17) is 16.3 Å². The van der Waals surface area contributed by atoms with Crippen LogP contribution in [0.4, 0.5) is 0 Å². The highest BCUT2D eigenvalue weighted by atomic mass is 35.5. The lowest BCUT2D eigenvalue weighted by Crippen LogP contribution is -2.41. The summed E-state index contributed by atoms with van der Waals surface area (Å²) < 4.78 is 5.71.